The van der Waals surface area contributed by atoms with Crippen molar-refractivity contribution in [1.29, 1.82) is 0 Å². The number of nitrogens with zero attached hydrogens (tertiary/aromatic N) is 2. The second-order valence-corrected chi connectivity index (χ2v) is 7.59. The molecular weight excluding hydrogens is 459 g/mol. The number of carbonyl (C=O) groups excluding carboxylic acids is 2. The zero-order chi connectivity index (χ0) is 25.1. The zero-order valence-electron chi connectivity index (χ0n) is 18.8. The standard InChI is InChI=1S/C26H20F3N3O3/c1-3-35-26(34)20-14-22(32(31-20)21-10-5-4-7-15(21)2)16-8-6-9-17(13-16)30-25(33)18-11-12-19(27)24(29)23(18)28/h4-14H,3H2,1-2H3,(H,30,33). The number of anilines is 1. The van der Waals surface area contributed by atoms with Crippen molar-refractivity contribution in [3.63, 3.8) is 0 Å². The van der Waals surface area contributed by atoms with E-state index >= 15 is 0 Å². The predicted octanol–water partition coefficient (Wildman–Crippen LogP) is 5.69. The summed E-state index contributed by atoms with van der Waals surface area (Å²) in [6, 6.07) is 17.1. The summed E-state index contributed by atoms with van der Waals surface area (Å²) in [5.41, 5.74) is 2.50. The second-order valence-electron chi connectivity index (χ2n) is 7.59. The molecule has 178 valence electrons. The molecule has 0 unspecified atom stereocenters. The predicted molar refractivity (Wildman–Crippen MR) is 124 cm³/mol. The molecule has 1 N–H and O–H groups in total. The van der Waals surface area contributed by atoms with Crippen LogP contribution < -0.4 is 5.32 Å². The van der Waals surface area contributed by atoms with E-state index in [4.69, 9.17) is 4.74 Å². The van der Waals surface area contributed by atoms with Crippen LogP contribution in [0.4, 0.5) is 18.9 Å². The van der Waals surface area contributed by atoms with Gasteiger partial charge in [0, 0.05) is 11.3 Å². The van der Waals surface area contributed by atoms with Gasteiger partial charge in [-0.05, 0) is 55.8 Å². The third kappa shape index (κ3) is 4.79. The van der Waals surface area contributed by atoms with Gasteiger partial charge in [0.25, 0.3) is 5.91 Å². The van der Waals surface area contributed by atoms with Crippen LogP contribution in [-0.4, -0.2) is 28.3 Å². The molecule has 0 aliphatic rings. The number of aromatic nitrogens is 2. The van der Waals surface area contributed by atoms with Crippen LogP contribution in [0, 0.1) is 24.4 Å². The van der Waals surface area contributed by atoms with Crippen molar-refractivity contribution >= 4 is 17.6 Å². The Morgan fingerprint density at radius 2 is 1.74 bits per heavy atom. The number of hydrogen-bond acceptors (Lipinski definition) is 4. The van der Waals surface area contributed by atoms with Gasteiger partial charge >= 0.3 is 5.97 Å². The van der Waals surface area contributed by atoms with E-state index in [2.05, 4.69) is 10.4 Å². The van der Waals surface area contributed by atoms with Gasteiger partial charge in [0.05, 0.1) is 23.6 Å². The van der Waals surface area contributed by atoms with Crippen molar-refractivity contribution < 1.29 is 27.5 Å². The molecule has 4 aromatic rings. The van der Waals surface area contributed by atoms with E-state index in [0.29, 0.717) is 17.3 Å². The number of hydrogen-bond donors (Lipinski definition) is 1. The summed E-state index contributed by atoms with van der Waals surface area (Å²) in [5.74, 6) is -6.21. The number of benzene rings is 3. The SMILES string of the molecule is CCOC(=O)c1cc(-c2cccc(NC(=O)c3ccc(F)c(F)c3F)c2)n(-c2ccccc2C)n1. The quantitative estimate of drug-likeness (QED) is 0.285. The monoisotopic (exact) mass is 479 g/mol. The van der Waals surface area contributed by atoms with E-state index in [1.165, 1.54) is 0 Å². The highest BCUT2D eigenvalue weighted by molar-refractivity contribution is 6.04. The molecule has 1 heterocycles. The average Bonchev–Trinajstić information content (AvgIpc) is 3.29. The summed E-state index contributed by atoms with van der Waals surface area (Å²) in [4.78, 5) is 24.9. The first-order chi connectivity index (χ1) is 16.8. The Kier molecular flexibility index (Phi) is 6.68. The van der Waals surface area contributed by atoms with Crippen LogP contribution in [-0.2, 0) is 4.74 Å². The maximum atomic E-state index is 14.0. The fraction of sp³-hybridized carbons (Fsp3) is 0.115. The van der Waals surface area contributed by atoms with Crippen LogP contribution in [0.25, 0.3) is 16.9 Å². The van der Waals surface area contributed by atoms with Gasteiger partial charge in [-0.1, -0.05) is 30.3 Å². The summed E-state index contributed by atoms with van der Waals surface area (Å²) in [6.45, 7) is 3.78. The summed E-state index contributed by atoms with van der Waals surface area (Å²) < 4.78 is 47.5. The molecule has 0 aliphatic carbocycles. The van der Waals surface area contributed by atoms with Crippen LogP contribution in [0.15, 0.2) is 66.7 Å². The number of nitrogens with one attached hydrogen (secondary N) is 1. The molecule has 1 aromatic heterocycles. The molecule has 0 saturated carbocycles. The van der Waals surface area contributed by atoms with Gasteiger partial charge < -0.3 is 10.1 Å². The van der Waals surface area contributed by atoms with E-state index in [-0.39, 0.29) is 18.0 Å². The second kappa shape index (κ2) is 9.84. The molecule has 0 radical (unpaired) electrons. The van der Waals surface area contributed by atoms with Crippen molar-refractivity contribution in [3.8, 4) is 16.9 Å². The maximum absolute atomic E-state index is 14.0. The van der Waals surface area contributed by atoms with Crippen LogP contribution in [0.1, 0.15) is 33.3 Å². The van der Waals surface area contributed by atoms with E-state index in [1.54, 1.807) is 41.9 Å². The fourth-order valence-corrected chi connectivity index (χ4v) is 3.53. The lowest BCUT2D eigenvalue weighted by Crippen LogP contribution is -2.15. The maximum Gasteiger partial charge on any atom is 0.358 e. The fourth-order valence-electron chi connectivity index (χ4n) is 3.53. The number of amides is 1. The molecule has 6 nitrogen and oxygen atoms in total. The van der Waals surface area contributed by atoms with E-state index < -0.39 is 34.9 Å². The van der Waals surface area contributed by atoms with Crippen LogP contribution >= 0.6 is 0 Å². The molecule has 0 saturated heterocycles. The largest absolute Gasteiger partial charge is 0.461 e. The smallest absolute Gasteiger partial charge is 0.358 e. The van der Waals surface area contributed by atoms with Crippen molar-refractivity contribution in [2.45, 2.75) is 13.8 Å². The Bertz CT molecular complexity index is 1430. The first-order valence-electron chi connectivity index (χ1n) is 10.7. The molecule has 0 atom stereocenters. The molecule has 9 heteroatoms. The average molecular weight is 479 g/mol. The number of esters is 1. The van der Waals surface area contributed by atoms with Gasteiger partial charge in [-0.25, -0.2) is 22.6 Å². The first kappa shape index (κ1) is 23.7. The summed E-state index contributed by atoms with van der Waals surface area (Å²) >= 11 is 0. The van der Waals surface area contributed by atoms with E-state index in [9.17, 15) is 22.8 Å². The van der Waals surface area contributed by atoms with Gasteiger partial charge in [0.15, 0.2) is 23.1 Å². The van der Waals surface area contributed by atoms with Crippen LogP contribution in [0.3, 0.4) is 0 Å². The Labute approximate surface area is 199 Å². The molecule has 3 aromatic carbocycles. The van der Waals surface area contributed by atoms with Crippen LogP contribution in [0.2, 0.25) is 0 Å². The Hall–Kier alpha value is -4.40. The minimum Gasteiger partial charge on any atom is -0.461 e. The molecule has 1 amide bonds. The summed E-state index contributed by atoms with van der Waals surface area (Å²) in [6.07, 6.45) is 0. The van der Waals surface area contributed by atoms with Gasteiger partial charge in [0.2, 0.25) is 0 Å². The number of carbonyl (C=O) groups is 2. The topological polar surface area (TPSA) is 73.2 Å². The molecule has 4 rings (SSSR count). The lowest BCUT2D eigenvalue weighted by atomic mass is 10.1. The van der Waals surface area contributed by atoms with Crippen molar-refractivity contribution in [2.24, 2.45) is 0 Å². The van der Waals surface area contributed by atoms with Crippen molar-refractivity contribution in [3.05, 3.63) is 101 Å². The highest BCUT2D eigenvalue weighted by atomic mass is 19.2. The molecular formula is C26H20F3N3O3. The van der Waals surface area contributed by atoms with Gasteiger partial charge in [-0.2, -0.15) is 5.10 Å². The number of para-hydroxylation sites is 1. The molecule has 0 aliphatic heterocycles. The van der Waals surface area contributed by atoms with Gasteiger partial charge in [0.1, 0.15) is 0 Å². The minimum atomic E-state index is -1.72. The van der Waals surface area contributed by atoms with E-state index in [0.717, 1.165) is 17.3 Å². The Morgan fingerprint density at radius 1 is 0.971 bits per heavy atom. The van der Waals surface area contributed by atoms with Crippen molar-refractivity contribution in [1.82, 2.24) is 9.78 Å². The molecule has 0 spiro atoms. The highest BCUT2D eigenvalue weighted by Gasteiger charge is 2.21. The van der Waals surface area contributed by atoms with Gasteiger partial charge in [-0.15, -0.1) is 0 Å². The summed E-state index contributed by atoms with van der Waals surface area (Å²) in [5, 5.41) is 6.92. The first-order valence-corrected chi connectivity index (χ1v) is 10.7. The number of ether oxygens (including phenoxy) is 1. The summed E-state index contributed by atoms with van der Waals surface area (Å²) in [7, 11) is 0. The number of aryl methyl sites for hydroxylation is 1. The third-order valence-electron chi connectivity index (χ3n) is 5.23. The van der Waals surface area contributed by atoms with Gasteiger partial charge in [-0.3, -0.25) is 4.79 Å². The third-order valence-corrected chi connectivity index (χ3v) is 5.23. The molecule has 0 fully saturated rings. The van der Waals surface area contributed by atoms with Crippen molar-refractivity contribution in [2.75, 3.05) is 11.9 Å². The lowest BCUT2D eigenvalue weighted by Gasteiger charge is -2.12. The molecule has 0 bridgehead atoms. The number of rotatable bonds is 6. The Balaban J connectivity index is 1.73. The highest BCUT2D eigenvalue weighted by Crippen LogP contribution is 2.28. The zero-order valence-corrected chi connectivity index (χ0v) is 18.8. The molecule has 35 heavy (non-hydrogen) atoms. The number of halogens is 3. The normalized spacial score (nSPS) is 10.8. The lowest BCUT2D eigenvalue weighted by molar-refractivity contribution is 0.0518. The minimum absolute atomic E-state index is 0.100. The van der Waals surface area contributed by atoms with E-state index in [1.807, 2.05) is 31.2 Å². The Morgan fingerprint density at radius 3 is 2.49 bits per heavy atom. The van der Waals surface area contributed by atoms with Crippen LogP contribution in [0.5, 0.6) is 0 Å².